The van der Waals surface area contributed by atoms with Crippen molar-refractivity contribution < 1.29 is 8.42 Å². The molecular weight excluding hydrogens is 236 g/mol. The summed E-state index contributed by atoms with van der Waals surface area (Å²) in [4.78, 5) is 0. The molecule has 0 heterocycles. The molecule has 2 N–H and O–H groups in total. The smallest absolute Gasteiger partial charge is 0.215 e. The van der Waals surface area contributed by atoms with E-state index in [9.17, 15) is 8.42 Å². The first-order chi connectivity index (χ1) is 7.90. The van der Waals surface area contributed by atoms with E-state index in [-0.39, 0.29) is 10.7 Å². The average molecular weight is 262 g/mol. The lowest BCUT2D eigenvalue weighted by Crippen LogP contribution is -2.45. The Morgan fingerprint density at radius 1 is 1.35 bits per heavy atom. The van der Waals surface area contributed by atoms with Gasteiger partial charge in [0, 0.05) is 13.1 Å². The van der Waals surface area contributed by atoms with E-state index in [1.165, 1.54) is 6.42 Å². The minimum atomic E-state index is -3.16. The van der Waals surface area contributed by atoms with Gasteiger partial charge in [0.05, 0.1) is 5.25 Å². The van der Waals surface area contributed by atoms with Crippen LogP contribution < -0.4 is 10.0 Å². The number of rotatable bonds is 8. The fourth-order valence-electron chi connectivity index (χ4n) is 1.97. The van der Waals surface area contributed by atoms with Crippen LogP contribution >= 0.6 is 0 Å². The SMILES string of the molecule is CCCNCC(C)S(=O)(=O)NCC1(C)CCC1. The zero-order valence-corrected chi connectivity index (χ0v) is 12.1. The van der Waals surface area contributed by atoms with Crippen LogP contribution in [0.4, 0.5) is 0 Å². The minimum Gasteiger partial charge on any atom is -0.315 e. The summed E-state index contributed by atoms with van der Waals surface area (Å²) in [6.07, 6.45) is 4.53. The molecule has 0 aliphatic heterocycles. The molecule has 0 aromatic heterocycles. The van der Waals surface area contributed by atoms with Crippen molar-refractivity contribution in [3.05, 3.63) is 0 Å². The highest BCUT2D eigenvalue weighted by Crippen LogP contribution is 2.39. The summed E-state index contributed by atoms with van der Waals surface area (Å²) in [5, 5.41) is 2.78. The Balaban J connectivity index is 2.33. The van der Waals surface area contributed by atoms with Gasteiger partial charge in [-0.05, 0) is 38.1 Å². The van der Waals surface area contributed by atoms with Crippen molar-refractivity contribution in [2.45, 2.75) is 51.7 Å². The maximum Gasteiger partial charge on any atom is 0.215 e. The molecule has 1 fully saturated rings. The molecule has 0 amide bonds. The predicted molar refractivity (Wildman–Crippen MR) is 71.5 cm³/mol. The van der Waals surface area contributed by atoms with Gasteiger partial charge in [-0.25, -0.2) is 13.1 Å². The molecule has 0 aromatic carbocycles. The lowest BCUT2D eigenvalue weighted by atomic mass is 9.71. The highest BCUT2D eigenvalue weighted by molar-refractivity contribution is 7.90. The van der Waals surface area contributed by atoms with Crippen LogP contribution in [-0.2, 0) is 10.0 Å². The lowest BCUT2D eigenvalue weighted by Gasteiger charge is -2.38. The number of hydrogen-bond donors (Lipinski definition) is 2. The van der Waals surface area contributed by atoms with Gasteiger partial charge in [0.25, 0.3) is 0 Å². The van der Waals surface area contributed by atoms with Crippen molar-refractivity contribution in [3.63, 3.8) is 0 Å². The Kier molecular flexibility index (Phi) is 5.41. The second-order valence-electron chi connectivity index (χ2n) is 5.55. The molecule has 102 valence electrons. The Bertz CT molecular complexity index is 323. The minimum absolute atomic E-state index is 0.198. The molecule has 0 aromatic rings. The standard InChI is InChI=1S/C12H26N2O2S/c1-4-8-13-9-11(2)17(15,16)14-10-12(3)6-5-7-12/h11,13-14H,4-10H2,1-3H3. The predicted octanol–water partition coefficient (Wildman–Crippen LogP) is 1.48. The van der Waals surface area contributed by atoms with E-state index in [1.54, 1.807) is 6.92 Å². The van der Waals surface area contributed by atoms with E-state index >= 15 is 0 Å². The first-order valence-corrected chi connectivity index (χ1v) is 8.13. The van der Waals surface area contributed by atoms with E-state index in [0.717, 1.165) is 25.8 Å². The first-order valence-electron chi connectivity index (χ1n) is 6.59. The summed E-state index contributed by atoms with van der Waals surface area (Å²) < 4.78 is 26.7. The first kappa shape index (κ1) is 14.9. The van der Waals surface area contributed by atoms with Crippen molar-refractivity contribution in [1.29, 1.82) is 0 Å². The van der Waals surface area contributed by atoms with Gasteiger partial charge in [-0.15, -0.1) is 0 Å². The van der Waals surface area contributed by atoms with Gasteiger partial charge in [-0.1, -0.05) is 20.3 Å². The fourth-order valence-corrected chi connectivity index (χ4v) is 3.14. The van der Waals surface area contributed by atoms with Gasteiger partial charge in [0.2, 0.25) is 10.0 Å². The van der Waals surface area contributed by atoms with Crippen LogP contribution in [0.1, 0.15) is 46.5 Å². The van der Waals surface area contributed by atoms with E-state index < -0.39 is 10.0 Å². The van der Waals surface area contributed by atoms with E-state index in [4.69, 9.17) is 0 Å². The molecule has 17 heavy (non-hydrogen) atoms. The fraction of sp³-hybridized carbons (Fsp3) is 1.00. The average Bonchev–Trinajstić information content (AvgIpc) is 2.24. The summed E-state index contributed by atoms with van der Waals surface area (Å²) >= 11 is 0. The van der Waals surface area contributed by atoms with Gasteiger partial charge in [0.15, 0.2) is 0 Å². The van der Waals surface area contributed by atoms with Crippen LogP contribution in [0.2, 0.25) is 0 Å². The zero-order valence-electron chi connectivity index (χ0n) is 11.3. The van der Waals surface area contributed by atoms with Crippen LogP contribution in [0, 0.1) is 5.41 Å². The molecule has 1 atom stereocenters. The lowest BCUT2D eigenvalue weighted by molar-refractivity contribution is 0.166. The third-order valence-corrected chi connectivity index (χ3v) is 5.42. The molecular formula is C12H26N2O2S. The second kappa shape index (κ2) is 6.16. The quantitative estimate of drug-likeness (QED) is 0.652. The van der Waals surface area contributed by atoms with Crippen LogP contribution in [-0.4, -0.2) is 33.3 Å². The number of hydrogen-bond acceptors (Lipinski definition) is 3. The molecule has 1 aliphatic carbocycles. The number of nitrogens with one attached hydrogen (secondary N) is 2. The van der Waals surface area contributed by atoms with E-state index in [0.29, 0.717) is 13.1 Å². The Hall–Kier alpha value is -0.130. The summed E-state index contributed by atoms with van der Waals surface area (Å²) in [6.45, 7) is 7.97. The molecule has 1 aliphatic rings. The van der Waals surface area contributed by atoms with Gasteiger partial charge >= 0.3 is 0 Å². The second-order valence-corrected chi connectivity index (χ2v) is 7.73. The zero-order chi connectivity index (χ0) is 12.9. The number of sulfonamides is 1. The Morgan fingerprint density at radius 3 is 2.47 bits per heavy atom. The van der Waals surface area contributed by atoms with Crippen LogP contribution in [0.15, 0.2) is 0 Å². The maximum absolute atomic E-state index is 12.0. The molecule has 0 bridgehead atoms. The van der Waals surface area contributed by atoms with Crippen LogP contribution in [0.5, 0.6) is 0 Å². The van der Waals surface area contributed by atoms with Crippen LogP contribution in [0.3, 0.4) is 0 Å². The van der Waals surface area contributed by atoms with Gasteiger partial charge in [0.1, 0.15) is 0 Å². The van der Waals surface area contributed by atoms with Crippen molar-refractivity contribution in [2.75, 3.05) is 19.6 Å². The Morgan fingerprint density at radius 2 is 2.00 bits per heavy atom. The molecule has 1 rings (SSSR count). The van der Waals surface area contributed by atoms with Crippen molar-refractivity contribution in [3.8, 4) is 0 Å². The maximum atomic E-state index is 12.0. The van der Waals surface area contributed by atoms with E-state index in [1.807, 2.05) is 0 Å². The summed E-state index contributed by atoms with van der Waals surface area (Å²) in [6, 6.07) is 0. The van der Waals surface area contributed by atoms with Crippen molar-refractivity contribution >= 4 is 10.0 Å². The summed E-state index contributed by atoms with van der Waals surface area (Å²) in [7, 11) is -3.16. The monoisotopic (exact) mass is 262 g/mol. The van der Waals surface area contributed by atoms with Gasteiger partial charge in [-0.2, -0.15) is 0 Å². The molecule has 1 unspecified atom stereocenters. The largest absolute Gasteiger partial charge is 0.315 e. The molecule has 4 nitrogen and oxygen atoms in total. The Labute approximate surface area is 106 Å². The molecule has 5 heteroatoms. The van der Waals surface area contributed by atoms with Gasteiger partial charge < -0.3 is 5.32 Å². The topological polar surface area (TPSA) is 58.2 Å². The summed E-state index contributed by atoms with van der Waals surface area (Å²) in [5.74, 6) is 0. The molecule has 0 radical (unpaired) electrons. The highest BCUT2D eigenvalue weighted by atomic mass is 32.2. The third-order valence-electron chi connectivity index (χ3n) is 3.65. The normalized spacial score (nSPS) is 20.9. The van der Waals surface area contributed by atoms with Gasteiger partial charge in [-0.3, -0.25) is 0 Å². The molecule has 0 spiro atoms. The molecule has 0 saturated heterocycles. The van der Waals surface area contributed by atoms with Crippen LogP contribution in [0.25, 0.3) is 0 Å². The summed E-state index contributed by atoms with van der Waals surface area (Å²) in [5.41, 5.74) is 0.198. The van der Waals surface area contributed by atoms with Crippen molar-refractivity contribution in [1.82, 2.24) is 10.0 Å². The highest BCUT2D eigenvalue weighted by Gasteiger charge is 2.33. The van der Waals surface area contributed by atoms with Crippen molar-refractivity contribution in [2.24, 2.45) is 5.41 Å². The van der Waals surface area contributed by atoms with E-state index in [2.05, 4.69) is 23.9 Å². The molecule has 1 saturated carbocycles. The third kappa shape index (κ3) is 4.56.